The minimum atomic E-state index is -0.266. The van der Waals surface area contributed by atoms with Gasteiger partial charge in [-0.1, -0.05) is 6.92 Å². The highest BCUT2D eigenvalue weighted by Crippen LogP contribution is 2.28. The first kappa shape index (κ1) is 24.0. The Morgan fingerprint density at radius 3 is 2.41 bits per heavy atom. The van der Waals surface area contributed by atoms with Crippen LogP contribution < -0.4 is 16.0 Å². The summed E-state index contributed by atoms with van der Waals surface area (Å²) in [5.74, 6) is 0.410. The van der Waals surface area contributed by atoms with Crippen LogP contribution in [0.2, 0.25) is 0 Å². The lowest BCUT2D eigenvalue weighted by molar-refractivity contribution is 0.0954. The Bertz CT molecular complexity index is 1280. The van der Waals surface area contributed by atoms with Gasteiger partial charge in [-0.2, -0.15) is 15.5 Å². The number of nitrogens with zero attached hydrogens (tertiary/aromatic N) is 4. The Morgan fingerprint density at radius 2 is 1.79 bits per heavy atom. The first-order valence-electron chi connectivity index (χ1n) is 10.8. The molecule has 34 heavy (non-hydrogen) atoms. The number of aryl methyl sites for hydroxylation is 2. The maximum absolute atomic E-state index is 12.8. The standard InChI is InChI=1S/C26H25N7O/c1-4-12-29-25(34)22-16-30-26(31-21-9-7-19(15-28)8-10-21)33-24(22)32-23-17(2)13-20(6-5-11-27)14-18(23)3/h5-10,13-14,16H,4,12H2,1-3H3,(H,29,34)(H2,30,31,32,33). The molecule has 0 unspecified atom stereocenters. The number of allylic oxidation sites excluding steroid dienone is 1. The van der Waals surface area contributed by atoms with Gasteiger partial charge in [0.25, 0.3) is 5.91 Å². The van der Waals surface area contributed by atoms with Gasteiger partial charge in [-0.3, -0.25) is 4.79 Å². The third-order valence-corrected chi connectivity index (χ3v) is 4.99. The lowest BCUT2D eigenvalue weighted by Crippen LogP contribution is -2.25. The largest absolute Gasteiger partial charge is 0.352 e. The fraction of sp³-hybridized carbons (Fsp3) is 0.192. The average molecular weight is 452 g/mol. The van der Waals surface area contributed by atoms with E-state index in [0.29, 0.717) is 35.1 Å². The van der Waals surface area contributed by atoms with Gasteiger partial charge in [0.1, 0.15) is 11.4 Å². The minimum absolute atomic E-state index is 0.266. The zero-order valence-electron chi connectivity index (χ0n) is 19.3. The lowest BCUT2D eigenvalue weighted by atomic mass is 10.0. The van der Waals surface area contributed by atoms with Gasteiger partial charge in [0.05, 0.1) is 17.7 Å². The second-order valence-corrected chi connectivity index (χ2v) is 7.64. The molecule has 0 fully saturated rings. The van der Waals surface area contributed by atoms with E-state index in [-0.39, 0.29) is 5.91 Å². The van der Waals surface area contributed by atoms with Crippen LogP contribution in [0.25, 0.3) is 6.08 Å². The minimum Gasteiger partial charge on any atom is -0.352 e. The van der Waals surface area contributed by atoms with E-state index in [9.17, 15) is 4.79 Å². The molecule has 0 bridgehead atoms. The molecule has 0 aliphatic heterocycles. The van der Waals surface area contributed by atoms with Gasteiger partial charge in [-0.25, -0.2) is 4.98 Å². The highest BCUT2D eigenvalue weighted by molar-refractivity contribution is 5.99. The molecule has 0 spiro atoms. The molecule has 8 nitrogen and oxygen atoms in total. The molecule has 2 aromatic carbocycles. The molecule has 0 aliphatic rings. The fourth-order valence-corrected chi connectivity index (χ4v) is 3.34. The lowest BCUT2D eigenvalue weighted by Gasteiger charge is -2.17. The summed E-state index contributed by atoms with van der Waals surface area (Å²) in [6, 6.07) is 14.9. The monoisotopic (exact) mass is 451 g/mol. The van der Waals surface area contributed by atoms with Crippen LogP contribution in [-0.4, -0.2) is 22.4 Å². The van der Waals surface area contributed by atoms with Gasteiger partial charge < -0.3 is 16.0 Å². The number of hydrogen-bond acceptors (Lipinski definition) is 7. The molecule has 0 saturated carbocycles. The Labute approximate surface area is 199 Å². The van der Waals surface area contributed by atoms with Crippen LogP contribution in [-0.2, 0) is 0 Å². The molecular weight excluding hydrogens is 426 g/mol. The zero-order valence-corrected chi connectivity index (χ0v) is 19.3. The van der Waals surface area contributed by atoms with Gasteiger partial charge in [-0.05, 0) is 79.4 Å². The molecular formula is C26H25N7O. The van der Waals surface area contributed by atoms with Crippen molar-refractivity contribution >= 4 is 35.1 Å². The molecule has 170 valence electrons. The van der Waals surface area contributed by atoms with Crippen molar-refractivity contribution in [3.05, 3.63) is 76.5 Å². The maximum Gasteiger partial charge on any atom is 0.256 e. The highest BCUT2D eigenvalue weighted by Gasteiger charge is 2.17. The van der Waals surface area contributed by atoms with Crippen molar-refractivity contribution in [1.29, 1.82) is 10.5 Å². The molecule has 1 amide bonds. The van der Waals surface area contributed by atoms with Gasteiger partial charge >= 0.3 is 0 Å². The predicted molar refractivity (Wildman–Crippen MR) is 133 cm³/mol. The summed E-state index contributed by atoms with van der Waals surface area (Å²) in [6.07, 6.45) is 5.48. The van der Waals surface area contributed by atoms with Gasteiger partial charge in [-0.15, -0.1) is 0 Å². The number of benzene rings is 2. The van der Waals surface area contributed by atoms with E-state index in [4.69, 9.17) is 10.5 Å². The fourth-order valence-electron chi connectivity index (χ4n) is 3.34. The van der Waals surface area contributed by atoms with Crippen molar-refractivity contribution in [2.24, 2.45) is 0 Å². The third kappa shape index (κ3) is 5.96. The Balaban J connectivity index is 1.97. The van der Waals surface area contributed by atoms with Gasteiger partial charge in [0.2, 0.25) is 5.95 Å². The summed E-state index contributed by atoms with van der Waals surface area (Å²) in [6.45, 7) is 6.43. The van der Waals surface area contributed by atoms with Crippen LogP contribution in [0.4, 0.5) is 23.1 Å². The molecule has 0 aliphatic carbocycles. The summed E-state index contributed by atoms with van der Waals surface area (Å²) in [7, 11) is 0. The highest BCUT2D eigenvalue weighted by atomic mass is 16.1. The first-order chi connectivity index (χ1) is 16.4. The number of hydrogen-bond donors (Lipinski definition) is 3. The smallest absolute Gasteiger partial charge is 0.256 e. The topological polar surface area (TPSA) is 127 Å². The summed E-state index contributed by atoms with van der Waals surface area (Å²) in [5.41, 5.74) is 5.21. The second-order valence-electron chi connectivity index (χ2n) is 7.64. The van der Waals surface area contributed by atoms with Crippen LogP contribution in [0.15, 0.2) is 48.7 Å². The van der Waals surface area contributed by atoms with Crippen molar-refractivity contribution < 1.29 is 4.79 Å². The van der Waals surface area contributed by atoms with Crippen molar-refractivity contribution in [3.8, 4) is 12.1 Å². The molecule has 3 aromatic rings. The van der Waals surface area contributed by atoms with Gasteiger partial charge in [0, 0.05) is 30.2 Å². The van der Waals surface area contributed by atoms with E-state index in [1.807, 2.05) is 39.0 Å². The number of anilines is 4. The number of amides is 1. The molecule has 0 atom stereocenters. The first-order valence-corrected chi connectivity index (χ1v) is 10.8. The molecule has 1 aromatic heterocycles. The molecule has 8 heteroatoms. The molecule has 3 rings (SSSR count). The van der Waals surface area contributed by atoms with E-state index in [2.05, 4.69) is 32.0 Å². The Kier molecular flexibility index (Phi) is 7.93. The second kappa shape index (κ2) is 11.3. The van der Waals surface area contributed by atoms with Crippen LogP contribution in [0.5, 0.6) is 0 Å². The number of nitriles is 2. The molecule has 1 heterocycles. The summed E-state index contributed by atoms with van der Waals surface area (Å²) < 4.78 is 0. The number of aromatic nitrogens is 2. The van der Waals surface area contributed by atoms with E-state index < -0.39 is 0 Å². The van der Waals surface area contributed by atoms with Gasteiger partial charge in [0.15, 0.2) is 0 Å². The van der Waals surface area contributed by atoms with Crippen molar-refractivity contribution in [1.82, 2.24) is 15.3 Å². The normalized spacial score (nSPS) is 10.4. The SMILES string of the molecule is CCCNC(=O)c1cnc(Nc2ccc(C#N)cc2)nc1Nc1c(C)cc(C=CC#N)cc1C. The zero-order chi connectivity index (χ0) is 24.5. The van der Waals surface area contributed by atoms with Crippen LogP contribution >= 0.6 is 0 Å². The van der Waals surface area contributed by atoms with Crippen LogP contribution in [0.3, 0.4) is 0 Å². The molecule has 3 N–H and O–H groups in total. The van der Waals surface area contributed by atoms with Crippen molar-refractivity contribution in [3.63, 3.8) is 0 Å². The van der Waals surface area contributed by atoms with E-state index in [1.54, 1.807) is 30.3 Å². The number of carbonyl (C=O) groups is 1. The number of rotatable bonds is 8. The van der Waals surface area contributed by atoms with E-state index in [1.165, 1.54) is 12.3 Å². The molecule has 0 radical (unpaired) electrons. The summed E-state index contributed by atoms with van der Waals surface area (Å²) in [5, 5.41) is 27.1. The quantitative estimate of drug-likeness (QED) is 0.405. The van der Waals surface area contributed by atoms with E-state index >= 15 is 0 Å². The Hall–Kier alpha value is -4.69. The summed E-state index contributed by atoms with van der Waals surface area (Å²) in [4.78, 5) is 21.7. The predicted octanol–water partition coefficient (Wildman–Crippen LogP) is 5.13. The van der Waals surface area contributed by atoms with Crippen LogP contribution in [0.1, 0.15) is 46.0 Å². The average Bonchev–Trinajstić information content (AvgIpc) is 2.84. The summed E-state index contributed by atoms with van der Waals surface area (Å²) >= 11 is 0. The van der Waals surface area contributed by atoms with Crippen molar-refractivity contribution in [2.75, 3.05) is 17.2 Å². The van der Waals surface area contributed by atoms with Crippen molar-refractivity contribution in [2.45, 2.75) is 27.2 Å². The van der Waals surface area contributed by atoms with Crippen LogP contribution in [0, 0.1) is 36.5 Å². The maximum atomic E-state index is 12.8. The van der Waals surface area contributed by atoms with E-state index in [0.717, 1.165) is 28.8 Å². The number of carbonyl (C=O) groups excluding carboxylic acids is 1. The molecule has 0 saturated heterocycles. The third-order valence-electron chi connectivity index (χ3n) is 4.99. The Morgan fingerprint density at radius 1 is 1.09 bits per heavy atom. The number of nitrogens with one attached hydrogen (secondary N) is 3.